The molecule has 0 bridgehead atoms. The molecular weight excluding hydrogens is 665 g/mol. The van der Waals surface area contributed by atoms with Crippen molar-refractivity contribution in [2.24, 2.45) is 0 Å². The zero-order valence-corrected chi connectivity index (χ0v) is 27.2. The topological polar surface area (TPSA) is 179 Å². The third-order valence-corrected chi connectivity index (χ3v) is 9.97. The molecule has 1 aliphatic rings. The lowest BCUT2D eigenvalue weighted by Crippen LogP contribution is -2.03. The number of hydrogen-bond acceptors (Lipinski definition) is 8. The van der Waals surface area contributed by atoms with Gasteiger partial charge in [0.15, 0.2) is 0 Å². The minimum Gasteiger partial charge on any atom is -0.456 e. The van der Waals surface area contributed by atoms with E-state index in [1.807, 2.05) is 24.3 Å². The van der Waals surface area contributed by atoms with Crippen LogP contribution in [0.25, 0.3) is 33.4 Å². The van der Waals surface area contributed by atoms with Gasteiger partial charge >= 0.3 is 0 Å². The zero-order chi connectivity index (χ0) is 34.5. The first-order valence-electron chi connectivity index (χ1n) is 14.9. The van der Waals surface area contributed by atoms with Gasteiger partial charge in [-0.05, 0) is 124 Å². The molecule has 0 unspecified atom stereocenters. The van der Waals surface area contributed by atoms with Crippen LogP contribution in [0.5, 0.6) is 23.0 Å². The minimum absolute atomic E-state index is 0.109. The normalized spacial score (nSPS) is 12.3. The summed E-state index contributed by atoms with van der Waals surface area (Å²) in [5, 5.41) is 0. The predicted octanol–water partition coefficient (Wildman–Crippen LogP) is 7.83. The summed E-state index contributed by atoms with van der Waals surface area (Å²) < 4.78 is 82.4. The van der Waals surface area contributed by atoms with Gasteiger partial charge < -0.3 is 20.9 Å². The van der Waals surface area contributed by atoms with Crippen LogP contribution >= 0.6 is 0 Å². The summed E-state index contributed by atoms with van der Waals surface area (Å²) in [6, 6.07) is 34.0. The van der Waals surface area contributed by atoms with E-state index < -0.39 is 30.0 Å². The van der Waals surface area contributed by atoms with Crippen molar-refractivity contribution in [1.29, 1.82) is 0 Å². The van der Waals surface area contributed by atoms with Crippen LogP contribution in [0.15, 0.2) is 131 Å². The molecule has 1 aliphatic carbocycles. The van der Waals surface area contributed by atoms with Crippen molar-refractivity contribution in [3.05, 3.63) is 132 Å². The van der Waals surface area contributed by atoms with Crippen molar-refractivity contribution in [2.45, 2.75) is 16.2 Å². The van der Waals surface area contributed by atoms with E-state index >= 15 is 0 Å². The maximum absolute atomic E-state index is 12.5. The molecule has 0 saturated heterocycles. The van der Waals surface area contributed by atoms with Gasteiger partial charge in [-0.3, -0.25) is 9.11 Å². The van der Waals surface area contributed by atoms with Crippen LogP contribution in [0.2, 0.25) is 0 Å². The summed E-state index contributed by atoms with van der Waals surface area (Å²) in [6.45, 7) is 0. The monoisotopic (exact) mass is 692 g/mol. The molecule has 0 aliphatic heterocycles. The Balaban J connectivity index is 1.21. The second kappa shape index (κ2) is 12.1. The summed E-state index contributed by atoms with van der Waals surface area (Å²) in [5.41, 5.74) is 18.4. The number of anilines is 2. The highest BCUT2D eigenvalue weighted by Crippen LogP contribution is 2.46. The SMILES string of the molecule is Nc1ccc(-c2ccc(Oc3cc4c(cc3S(=O)(=O)O)-c3cc(S(=O)(=O)O)c(Oc5ccc(-c6ccc(N)cc6)cc5)cc3C4)cc2)cc1. The highest BCUT2D eigenvalue weighted by molar-refractivity contribution is 7.86. The average Bonchev–Trinajstić information content (AvgIpc) is 3.41. The van der Waals surface area contributed by atoms with Gasteiger partial charge in [0.1, 0.15) is 32.8 Å². The molecule has 0 spiro atoms. The first-order chi connectivity index (χ1) is 23.3. The molecule has 10 nitrogen and oxygen atoms in total. The minimum atomic E-state index is -4.78. The Morgan fingerprint density at radius 2 is 0.776 bits per heavy atom. The Labute approximate surface area is 282 Å². The van der Waals surface area contributed by atoms with Crippen LogP contribution in [-0.4, -0.2) is 25.9 Å². The van der Waals surface area contributed by atoms with E-state index in [4.69, 9.17) is 20.9 Å². The van der Waals surface area contributed by atoms with Gasteiger partial charge in [0.05, 0.1) is 0 Å². The van der Waals surface area contributed by atoms with Crippen LogP contribution in [0.3, 0.4) is 0 Å². The number of rotatable bonds is 8. The van der Waals surface area contributed by atoms with Crippen LogP contribution in [0.4, 0.5) is 11.4 Å². The number of nitrogen functional groups attached to an aromatic ring is 2. The molecule has 0 atom stereocenters. The van der Waals surface area contributed by atoms with Crippen LogP contribution < -0.4 is 20.9 Å². The Hall–Kier alpha value is -5.66. The Bertz CT molecular complexity index is 2270. The quantitative estimate of drug-likeness (QED) is 0.0905. The standard InChI is InChI=1S/C37H28N2O8S2/c38-28-9-1-22(2-10-28)24-5-13-30(14-6-24)46-34-18-26-17-27-19-35(47-31-15-7-25(8-16-31)23-3-11-29(39)12-4-23)37(49(43,44)45)21-33(27)32(26)20-36(34)48(40,41)42/h1-16,18-21H,17,38-39H2,(H,40,41,42)(H,43,44,45). The molecule has 7 rings (SSSR count). The number of benzene rings is 6. The lowest BCUT2D eigenvalue weighted by Gasteiger charge is -2.14. The molecule has 6 N–H and O–H groups in total. The fourth-order valence-electron chi connectivity index (χ4n) is 5.80. The predicted molar refractivity (Wildman–Crippen MR) is 187 cm³/mol. The van der Waals surface area contributed by atoms with Crippen molar-refractivity contribution in [1.82, 2.24) is 0 Å². The van der Waals surface area contributed by atoms with E-state index in [0.29, 0.717) is 45.1 Å². The summed E-state index contributed by atoms with van der Waals surface area (Å²) in [7, 11) is -9.56. The van der Waals surface area contributed by atoms with E-state index in [-0.39, 0.29) is 17.9 Å². The van der Waals surface area contributed by atoms with E-state index in [2.05, 4.69) is 0 Å². The van der Waals surface area contributed by atoms with Crippen LogP contribution in [0, 0.1) is 0 Å². The van der Waals surface area contributed by atoms with Gasteiger partial charge in [0.25, 0.3) is 20.2 Å². The Kier molecular flexibility index (Phi) is 7.88. The van der Waals surface area contributed by atoms with Crippen molar-refractivity contribution >= 4 is 31.6 Å². The zero-order valence-electron chi connectivity index (χ0n) is 25.6. The summed E-state index contributed by atoms with van der Waals surface area (Å²) in [5.74, 6) is 0.432. The van der Waals surface area contributed by atoms with Gasteiger partial charge in [-0.15, -0.1) is 0 Å². The molecule has 0 aromatic heterocycles. The highest BCUT2D eigenvalue weighted by Gasteiger charge is 2.30. The van der Waals surface area contributed by atoms with E-state index in [1.165, 1.54) is 24.3 Å². The molecule has 0 fully saturated rings. The van der Waals surface area contributed by atoms with Crippen molar-refractivity contribution in [2.75, 3.05) is 11.5 Å². The lowest BCUT2D eigenvalue weighted by molar-refractivity contribution is 0.448. The molecule has 6 aromatic rings. The summed E-state index contributed by atoms with van der Waals surface area (Å²) >= 11 is 0. The number of nitrogens with two attached hydrogens (primary N) is 2. The molecular formula is C37H28N2O8S2. The Morgan fingerprint density at radius 1 is 0.469 bits per heavy atom. The third-order valence-electron chi connectivity index (χ3n) is 8.22. The average molecular weight is 693 g/mol. The molecule has 0 amide bonds. The van der Waals surface area contributed by atoms with Gasteiger partial charge in [0, 0.05) is 11.4 Å². The molecule has 246 valence electrons. The third kappa shape index (κ3) is 6.58. The van der Waals surface area contributed by atoms with E-state index in [1.54, 1.807) is 72.8 Å². The first kappa shape index (κ1) is 31.9. The number of hydrogen-bond donors (Lipinski definition) is 4. The van der Waals surface area contributed by atoms with Crippen molar-refractivity contribution in [3.8, 4) is 56.4 Å². The smallest absolute Gasteiger partial charge is 0.298 e. The number of ether oxygens (including phenoxy) is 2. The van der Waals surface area contributed by atoms with E-state index in [0.717, 1.165) is 22.3 Å². The molecule has 0 radical (unpaired) electrons. The first-order valence-corrected chi connectivity index (χ1v) is 17.8. The Morgan fingerprint density at radius 3 is 1.08 bits per heavy atom. The summed E-state index contributed by atoms with van der Waals surface area (Å²) in [6.07, 6.45) is 0.265. The molecule has 0 heterocycles. The summed E-state index contributed by atoms with van der Waals surface area (Å²) in [4.78, 5) is -1.01. The highest BCUT2D eigenvalue weighted by atomic mass is 32.2. The van der Waals surface area contributed by atoms with Crippen LogP contribution in [-0.2, 0) is 26.7 Å². The molecule has 0 saturated carbocycles. The fourth-order valence-corrected chi connectivity index (χ4v) is 7.05. The fraction of sp³-hybridized carbons (Fsp3) is 0.0270. The van der Waals surface area contributed by atoms with E-state index in [9.17, 15) is 25.9 Å². The van der Waals surface area contributed by atoms with Gasteiger partial charge in [-0.2, -0.15) is 16.8 Å². The van der Waals surface area contributed by atoms with Gasteiger partial charge in [0.2, 0.25) is 0 Å². The van der Waals surface area contributed by atoms with Gasteiger partial charge in [-0.1, -0.05) is 48.5 Å². The molecule has 49 heavy (non-hydrogen) atoms. The largest absolute Gasteiger partial charge is 0.456 e. The maximum Gasteiger partial charge on any atom is 0.298 e. The molecule has 12 heteroatoms. The lowest BCUT2D eigenvalue weighted by atomic mass is 10.0. The van der Waals surface area contributed by atoms with Gasteiger partial charge in [-0.25, -0.2) is 0 Å². The maximum atomic E-state index is 12.5. The van der Waals surface area contributed by atoms with Crippen molar-refractivity contribution in [3.63, 3.8) is 0 Å². The van der Waals surface area contributed by atoms with Crippen molar-refractivity contribution < 1.29 is 35.4 Å². The number of fused-ring (bicyclic) bond motifs is 3. The molecule has 6 aromatic carbocycles. The van der Waals surface area contributed by atoms with Crippen LogP contribution in [0.1, 0.15) is 11.1 Å². The second-order valence-electron chi connectivity index (χ2n) is 11.5. The second-order valence-corrected chi connectivity index (χ2v) is 14.3.